The molecule has 0 unspecified atom stereocenters. The highest BCUT2D eigenvalue weighted by Gasteiger charge is 2.05. The number of benzene rings is 2. The molecule has 0 saturated carbocycles. The molecule has 2 rings (SSSR count). The number of rotatable bonds is 7. The minimum absolute atomic E-state index is 0.0554. The molecule has 122 valence electrons. The number of methoxy groups -OCH3 is 1. The summed E-state index contributed by atoms with van der Waals surface area (Å²) in [4.78, 5) is 11.9. The maximum Gasteiger partial charge on any atom is 0.238 e. The number of nitrogens with one attached hydrogen (secondary N) is 2. The summed E-state index contributed by atoms with van der Waals surface area (Å²) in [6, 6.07) is 13.8. The minimum Gasteiger partial charge on any atom is -0.497 e. The second-order valence-electron chi connectivity index (χ2n) is 5.31. The van der Waals surface area contributed by atoms with Crippen molar-refractivity contribution in [3.8, 4) is 5.75 Å². The lowest BCUT2D eigenvalue weighted by molar-refractivity contribution is -0.115. The summed E-state index contributed by atoms with van der Waals surface area (Å²) >= 11 is 3.45. The van der Waals surface area contributed by atoms with E-state index in [1.54, 1.807) is 7.11 Å². The molecule has 2 N–H and O–H groups in total. The smallest absolute Gasteiger partial charge is 0.238 e. The fourth-order valence-electron chi connectivity index (χ4n) is 2.18. The van der Waals surface area contributed by atoms with Gasteiger partial charge in [0.05, 0.1) is 19.3 Å². The molecule has 0 spiro atoms. The van der Waals surface area contributed by atoms with Gasteiger partial charge in [-0.25, -0.2) is 0 Å². The number of halogens is 1. The Labute approximate surface area is 145 Å². The molecule has 2 aromatic rings. The lowest BCUT2D eigenvalue weighted by Gasteiger charge is -2.09. The van der Waals surface area contributed by atoms with Gasteiger partial charge in [-0.15, -0.1) is 0 Å². The average molecular weight is 377 g/mol. The molecule has 23 heavy (non-hydrogen) atoms. The van der Waals surface area contributed by atoms with Crippen LogP contribution in [0.5, 0.6) is 5.75 Å². The zero-order chi connectivity index (χ0) is 16.7. The SMILES string of the molecule is COc1cccc(CCNCC(=O)Nc2ccc(C)cc2Br)c1. The molecule has 4 nitrogen and oxygen atoms in total. The van der Waals surface area contributed by atoms with E-state index in [0.717, 1.165) is 34.4 Å². The summed E-state index contributed by atoms with van der Waals surface area (Å²) in [5.74, 6) is 0.796. The molecule has 0 radical (unpaired) electrons. The fraction of sp³-hybridized carbons (Fsp3) is 0.278. The van der Waals surface area contributed by atoms with Crippen molar-refractivity contribution in [3.05, 3.63) is 58.1 Å². The van der Waals surface area contributed by atoms with Crippen molar-refractivity contribution in [2.75, 3.05) is 25.5 Å². The van der Waals surface area contributed by atoms with Crippen molar-refractivity contribution in [3.63, 3.8) is 0 Å². The van der Waals surface area contributed by atoms with Crippen molar-refractivity contribution in [1.29, 1.82) is 0 Å². The van der Waals surface area contributed by atoms with Gasteiger partial charge in [0.2, 0.25) is 5.91 Å². The first kappa shape index (κ1) is 17.5. The molecule has 5 heteroatoms. The summed E-state index contributed by atoms with van der Waals surface area (Å²) < 4.78 is 6.09. The van der Waals surface area contributed by atoms with Gasteiger partial charge in [0.1, 0.15) is 5.75 Å². The van der Waals surface area contributed by atoms with E-state index in [1.807, 2.05) is 49.4 Å². The third-order valence-electron chi connectivity index (χ3n) is 3.41. The predicted molar refractivity (Wildman–Crippen MR) is 97.1 cm³/mol. The maximum atomic E-state index is 11.9. The summed E-state index contributed by atoms with van der Waals surface area (Å²) in [6.45, 7) is 3.02. The third-order valence-corrected chi connectivity index (χ3v) is 4.06. The lowest BCUT2D eigenvalue weighted by atomic mass is 10.1. The number of ether oxygens (including phenoxy) is 1. The van der Waals surface area contributed by atoms with Crippen LogP contribution in [0.4, 0.5) is 5.69 Å². The van der Waals surface area contributed by atoms with Crippen LogP contribution in [0.25, 0.3) is 0 Å². The summed E-state index contributed by atoms with van der Waals surface area (Å²) in [5, 5.41) is 6.04. The zero-order valence-corrected chi connectivity index (χ0v) is 14.9. The summed E-state index contributed by atoms with van der Waals surface area (Å²) in [5.41, 5.74) is 3.11. The number of amides is 1. The monoisotopic (exact) mass is 376 g/mol. The van der Waals surface area contributed by atoms with Crippen LogP contribution in [0.15, 0.2) is 46.9 Å². The van der Waals surface area contributed by atoms with E-state index >= 15 is 0 Å². The first-order valence-electron chi connectivity index (χ1n) is 7.48. The van der Waals surface area contributed by atoms with Gasteiger partial charge < -0.3 is 15.4 Å². The van der Waals surface area contributed by atoms with Gasteiger partial charge in [-0.1, -0.05) is 18.2 Å². The highest BCUT2D eigenvalue weighted by Crippen LogP contribution is 2.23. The third kappa shape index (κ3) is 5.69. The Morgan fingerprint density at radius 3 is 2.78 bits per heavy atom. The Morgan fingerprint density at radius 1 is 1.22 bits per heavy atom. The first-order valence-corrected chi connectivity index (χ1v) is 8.27. The second kappa shape index (κ2) is 8.70. The maximum absolute atomic E-state index is 11.9. The molecule has 0 aromatic heterocycles. The van der Waals surface area contributed by atoms with Gasteiger partial charge in [0.15, 0.2) is 0 Å². The van der Waals surface area contributed by atoms with Crippen molar-refractivity contribution in [2.24, 2.45) is 0 Å². The van der Waals surface area contributed by atoms with E-state index in [0.29, 0.717) is 0 Å². The van der Waals surface area contributed by atoms with Crippen LogP contribution in [0, 0.1) is 6.92 Å². The standard InChI is InChI=1S/C18H21BrN2O2/c1-13-6-7-17(16(19)10-13)21-18(22)12-20-9-8-14-4-3-5-15(11-14)23-2/h3-7,10-11,20H,8-9,12H2,1-2H3,(H,21,22). The largest absolute Gasteiger partial charge is 0.497 e. The second-order valence-corrected chi connectivity index (χ2v) is 6.16. The molecule has 0 aliphatic heterocycles. The number of anilines is 1. The Balaban J connectivity index is 1.74. The average Bonchev–Trinajstić information content (AvgIpc) is 2.54. The van der Waals surface area contributed by atoms with Crippen molar-refractivity contribution >= 4 is 27.5 Å². The van der Waals surface area contributed by atoms with Gasteiger partial charge in [-0.05, 0) is 71.2 Å². The molecule has 0 aliphatic rings. The molecule has 0 aliphatic carbocycles. The van der Waals surface area contributed by atoms with E-state index in [1.165, 1.54) is 5.56 Å². The minimum atomic E-state index is -0.0554. The van der Waals surface area contributed by atoms with Gasteiger partial charge in [0, 0.05) is 4.47 Å². The number of carbonyl (C=O) groups is 1. The zero-order valence-electron chi connectivity index (χ0n) is 13.4. The molecular formula is C18H21BrN2O2. The highest BCUT2D eigenvalue weighted by molar-refractivity contribution is 9.10. The number of aryl methyl sites for hydroxylation is 1. The van der Waals surface area contributed by atoms with Gasteiger partial charge in [-0.3, -0.25) is 4.79 Å². The molecule has 0 fully saturated rings. The van der Waals surface area contributed by atoms with Crippen LogP contribution in [-0.4, -0.2) is 26.1 Å². The Morgan fingerprint density at radius 2 is 2.04 bits per heavy atom. The predicted octanol–water partition coefficient (Wildman–Crippen LogP) is 3.54. The van der Waals surface area contributed by atoms with E-state index < -0.39 is 0 Å². The summed E-state index contributed by atoms with van der Waals surface area (Å²) in [6.07, 6.45) is 0.846. The topological polar surface area (TPSA) is 50.4 Å². The lowest BCUT2D eigenvalue weighted by Crippen LogP contribution is -2.29. The fourth-order valence-corrected chi connectivity index (χ4v) is 2.77. The van der Waals surface area contributed by atoms with Crippen molar-refractivity contribution in [2.45, 2.75) is 13.3 Å². The van der Waals surface area contributed by atoms with Gasteiger partial charge in [0.25, 0.3) is 0 Å². The van der Waals surface area contributed by atoms with Crippen LogP contribution < -0.4 is 15.4 Å². The van der Waals surface area contributed by atoms with E-state index in [9.17, 15) is 4.79 Å². The molecule has 0 bridgehead atoms. The quantitative estimate of drug-likeness (QED) is 0.726. The number of hydrogen-bond donors (Lipinski definition) is 2. The van der Waals surface area contributed by atoms with E-state index in [2.05, 4.69) is 26.6 Å². The van der Waals surface area contributed by atoms with E-state index in [4.69, 9.17) is 4.74 Å². The molecular weight excluding hydrogens is 356 g/mol. The Kier molecular flexibility index (Phi) is 6.62. The molecule has 1 amide bonds. The van der Waals surface area contributed by atoms with E-state index in [-0.39, 0.29) is 12.5 Å². The van der Waals surface area contributed by atoms with Crippen molar-refractivity contribution < 1.29 is 9.53 Å². The van der Waals surface area contributed by atoms with Crippen LogP contribution in [-0.2, 0) is 11.2 Å². The van der Waals surface area contributed by atoms with Crippen LogP contribution >= 0.6 is 15.9 Å². The Bertz CT molecular complexity index is 674. The molecule has 0 heterocycles. The highest BCUT2D eigenvalue weighted by atomic mass is 79.9. The molecule has 0 saturated heterocycles. The van der Waals surface area contributed by atoms with Crippen LogP contribution in [0.2, 0.25) is 0 Å². The number of carbonyl (C=O) groups excluding carboxylic acids is 1. The van der Waals surface area contributed by atoms with Crippen LogP contribution in [0.1, 0.15) is 11.1 Å². The molecule has 2 aromatic carbocycles. The van der Waals surface area contributed by atoms with Crippen molar-refractivity contribution in [1.82, 2.24) is 5.32 Å². The van der Waals surface area contributed by atoms with Gasteiger partial charge in [-0.2, -0.15) is 0 Å². The Hall–Kier alpha value is -1.85. The normalized spacial score (nSPS) is 10.4. The van der Waals surface area contributed by atoms with Gasteiger partial charge >= 0.3 is 0 Å². The first-order chi connectivity index (χ1) is 11.1. The van der Waals surface area contributed by atoms with Crippen LogP contribution in [0.3, 0.4) is 0 Å². The number of hydrogen-bond acceptors (Lipinski definition) is 3. The summed E-state index contributed by atoms with van der Waals surface area (Å²) in [7, 11) is 1.66. The molecule has 0 atom stereocenters.